The van der Waals surface area contributed by atoms with Crippen molar-refractivity contribution >= 4 is 29.6 Å². The van der Waals surface area contributed by atoms with Gasteiger partial charge in [0.05, 0.1) is 12.7 Å². The van der Waals surface area contributed by atoms with Crippen LogP contribution in [0.1, 0.15) is 52.4 Å². The number of carbonyl (C=O) groups excluding carboxylic acids is 3. The number of carbonyl (C=O) groups is 3. The van der Waals surface area contributed by atoms with E-state index in [1.807, 2.05) is 37.3 Å². The number of ether oxygens (including phenoxy) is 1. The summed E-state index contributed by atoms with van der Waals surface area (Å²) >= 11 is 0. The summed E-state index contributed by atoms with van der Waals surface area (Å²) in [5.74, 6) is -5.69. The van der Waals surface area contributed by atoms with Crippen LogP contribution < -0.4 is 10.5 Å². The van der Waals surface area contributed by atoms with Gasteiger partial charge < -0.3 is 30.9 Å². The van der Waals surface area contributed by atoms with E-state index in [1.54, 1.807) is 13.2 Å². The molecule has 0 saturated carbocycles. The molecule has 0 heterocycles. The van der Waals surface area contributed by atoms with Gasteiger partial charge in [-0.2, -0.15) is 0 Å². The molecule has 0 fully saturated rings. The van der Waals surface area contributed by atoms with E-state index in [-0.39, 0.29) is 36.1 Å². The fraction of sp³-hybridized carbons (Fsp3) is 0.300. The predicted molar refractivity (Wildman–Crippen MR) is 142 cm³/mol. The Bertz CT molecular complexity index is 1530. The van der Waals surface area contributed by atoms with Crippen molar-refractivity contribution in [3.8, 4) is 11.5 Å². The number of ketones is 2. The molecule has 0 aromatic heterocycles. The molecule has 9 nitrogen and oxygen atoms in total. The van der Waals surface area contributed by atoms with Crippen LogP contribution in [0.25, 0.3) is 12.2 Å². The van der Waals surface area contributed by atoms with E-state index in [1.165, 1.54) is 6.07 Å². The molecule has 0 unspecified atom stereocenters. The standard InChI is InChI=1S/C30H29NO8/c1-3-15-6-4-14(10-22(15)39-2)5-7-16-8-9-20(32)24-19(16)12-17-11-18-13-21(33)25(29(31)37)28(36)30(18,38)27(35)23(17)26(24)34/h4-10,17-18,32-33,35,38H,3,11-13H2,1-2H3,(H2,31,37)/b7-5+/t17-,18+,30+/m1/s1. The Hall–Kier alpha value is -4.37. The average molecular weight is 532 g/mol. The van der Waals surface area contributed by atoms with Crippen LogP contribution in [-0.4, -0.2) is 50.6 Å². The molecular weight excluding hydrogens is 502 g/mol. The summed E-state index contributed by atoms with van der Waals surface area (Å²) in [4.78, 5) is 38.5. The summed E-state index contributed by atoms with van der Waals surface area (Å²) in [6, 6.07) is 8.93. The Morgan fingerprint density at radius 2 is 1.87 bits per heavy atom. The van der Waals surface area contributed by atoms with Gasteiger partial charge in [-0.1, -0.05) is 37.3 Å². The summed E-state index contributed by atoms with van der Waals surface area (Å²) in [5.41, 5.74) is 4.87. The fourth-order valence-electron chi connectivity index (χ4n) is 6.14. The van der Waals surface area contributed by atoms with E-state index in [4.69, 9.17) is 10.5 Å². The van der Waals surface area contributed by atoms with E-state index >= 15 is 0 Å². The van der Waals surface area contributed by atoms with Crippen LogP contribution >= 0.6 is 0 Å². The zero-order valence-electron chi connectivity index (χ0n) is 21.5. The predicted octanol–water partition coefficient (Wildman–Crippen LogP) is 3.32. The van der Waals surface area contributed by atoms with Gasteiger partial charge in [0.15, 0.2) is 11.4 Å². The van der Waals surface area contributed by atoms with Gasteiger partial charge in [-0.25, -0.2) is 0 Å². The highest BCUT2D eigenvalue weighted by molar-refractivity contribution is 6.24. The second kappa shape index (κ2) is 9.43. The number of hydrogen-bond donors (Lipinski definition) is 5. The molecular formula is C30H29NO8. The Morgan fingerprint density at radius 3 is 2.54 bits per heavy atom. The van der Waals surface area contributed by atoms with Crippen LogP contribution in [0.4, 0.5) is 0 Å². The first kappa shape index (κ1) is 26.2. The highest BCUT2D eigenvalue weighted by atomic mass is 16.5. The first-order valence-electron chi connectivity index (χ1n) is 12.7. The summed E-state index contributed by atoms with van der Waals surface area (Å²) in [7, 11) is 1.61. The third-order valence-electron chi connectivity index (χ3n) is 8.13. The molecule has 9 heteroatoms. The number of amides is 1. The van der Waals surface area contributed by atoms with Crippen LogP contribution in [-0.2, 0) is 22.4 Å². The fourth-order valence-corrected chi connectivity index (χ4v) is 6.14. The summed E-state index contributed by atoms with van der Waals surface area (Å²) in [6.07, 6.45) is 4.58. The largest absolute Gasteiger partial charge is 0.511 e. The molecule has 3 atom stereocenters. The summed E-state index contributed by atoms with van der Waals surface area (Å²) < 4.78 is 5.47. The number of primary amides is 1. The lowest BCUT2D eigenvalue weighted by Gasteiger charge is -2.45. The monoisotopic (exact) mass is 531 g/mol. The van der Waals surface area contributed by atoms with Crippen LogP contribution in [0, 0.1) is 11.8 Å². The average Bonchev–Trinajstić information content (AvgIpc) is 2.89. The van der Waals surface area contributed by atoms with E-state index in [9.17, 15) is 34.8 Å². The smallest absolute Gasteiger partial charge is 0.255 e. The van der Waals surface area contributed by atoms with Crippen LogP contribution in [0.5, 0.6) is 11.5 Å². The number of methoxy groups -OCH3 is 1. The zero-order valence-corrected chi connectivity index (χ0v) is 21.5. The number of aryl methyl sites for hydroxylation is 1. The summed E-state index contributed by atoms with van der Waals surface area (Å²) in [5, 5.41) is 43.4. The maximum absolute atomic E-state index is 13.7. The van der Waals surface area contributed by atoms with Gasteiger partial charge in [-0.05, 0) is 59.6 Å². The molecule has 3 aliphatic carbocycles. The molecule has 0 saturated heterocycles. The van der Waals surface area contributed by atoms with E-state index in [2.05, 4.69) is 0 Å². The van der Waals surface area contributed by atoms with Crippen molar-refractivity contribution < 1.29 is 39.5 Å². The molecule has 1 amide bonds. The summed E-state index contributed by atoms with van der Waals surface area (Å²) in [6.45, 7) is 2.04. The lowest BCUT2D eigenvalue weighted by Crippen LogP contribution is -2.57. The molecule has 0 bridgehead atoms. The van der Waals surface area contributed by atoms with E-state index in [0.717, 1.165) is 23.3 Å². The minimum absolute atomic E-state index is 0.0207. The van der Waals surface area contributed by atoms with Gasteiger partial charge in [0, 0.05) is 17.9 Å². The maximum atomic E-state index is 13.7. The number of fused-ring (bicyclic) bond motifs is 3. The quantitative estimate of drug-likeness (QED) is 0.289. The molecule has 202 valence electrons. The molecule has 0 aliphatic heterocycles. The molecule has 6 N–H and O–H groups in total. The number of benzene rings is 2. The SMILES string of the molecule is CCc1ccc(/C=C/c2ccc(O)c3c2C[C@H]2C[C@H]4CC(O)=C(C(N)=O)C(=O)[C@@]4(O)C(O)=C2C3=O)cc1OC. The molecule has 2 aromatic carbocycles. The van der Waals surface area contributed by atoms with Crippen molar-refractivity contribution in [2.45, 2.75) is 38.2 Å². The molecule has 2 aromatic rings. The second-order valence-electron chi connectivity index (χ2n) is 10.2. The Morgan fingerprint density at radius 1 is 1.13 bits per heavy atom. The Balaban J connectivity index is 1.57. The number of Topliss-reactive ketones (excluding diaryl/α,β-unsaturated/α-hetero) is 2. The maximum Gasteiger partial charge on any atom is 0.255 e. The topological polar surface area (TPSA) is 167 Å². The van der Waals surface area contributed by atoms with Crippen molar-refractivity contribution in [1.29, 1.82) is 0 Å². The number of phenols is 1. The molecule has 39 heavy (non-hydrogen) atoms. The van der Waals surface area contributed by atoms with Crippen LogP contribution in [0.15, 0.2) is 53.0 Å². The third-order valence-corrected chi connectivity index (χ3v) is 8.13. The second-order valence-corrected chi connectivity index (χ2v) is 10.2. The number of nitrogens with two attached hydrogens (primary N) is 1. The highest BCUT2D eigenvalue weighted by Crippen LogP contribution is 2.51. The van der Waals surface area contributed by atoms with Crippen molar-refractivity contribution in [2.75, 3.05) is 7.11 Å². The molecule has 5 rings (SSSR count). The molecule has 0 spiro atoms. The zero-order chi connectivity index (χ0) is 28.2. The van der Waals surface area contributed by atoms with Gasteiger partial charge in [0.2, 0.25) is 5.78 Å². The van der Waals surface area contributed by atoms with Gasteiger partial charge in [0.1, 0.15) is 28.6 Å². The first-order chi connectivity index (χ1) is 18.5. The molecule has 0 radical (unpaired) electrons. The number of aromatic hydroxyl groups is 1. The lowest BCUT2D eigenvalue weighted by atomic mass is 9.60. The Kier molecular flexibility index (Phi) is 6.34. The van der Waals surface area contributed by atoms with Gasteiger partial charge in [-0.15, -0.1) is 0 Å². The van der Waals surface area contributed by atoms with Crippen LogP contribution in [0.3, 0.4) is 0 Å². The van der Waals surface area contributed by atoms with Gasteiger partial charge in [-0.3, -0.25) is 14.4 Å². The highest BCUT2D eigenvalue weighted by Gasteiger charge is 2.59. The van der Waals surface area contributed by atoms with Gasteiger partial charge in [0.25, 0.3) is 5.91 Å². The van der Waals surface area contributed by atoms with Crippen molar-refractivity contribution in [1.82, 2.24) is 0 Å². The van der Waals surface area contributed by atoms with Gasteiger partial charge >= 0.3 is 0 Å². The van der Waals surface area contributed by atoms with Crippen molar-refractivity contribution in [3.63, 3.8) is 0 Å². The van der Waals surface area contributed by atoms with E-state index < -0.39 is 52.0 Å². The first-order valence-corrected chi connectivity index (χ1v) is 12.7. The number of phenolic OH excluding ortho intramolecular Hbond substituents is 1. The lowest BCUT2D eigenvalue weighted by molar-refractivity contribution is -0.144. The normalized spacial score (nSPS) is 24.5. The van der Waals surface area contributed by atoms with E-state index in [0.29, 0.717) is 11.1 Å². The number of hydrogen-bond acceptors (Lipinski definition) is 8. The number of aliphatic hydroxyl groups is 3. The minimum Gasteiger partial charge on any atom is -0.511 e. The third kappa shape index (κ3) is 3.92. The van der Waals surface area contributed by atoms with Crippen LogP contribution in [0.2, 0.25) is 0 Å². The van der Waals surface area contributed by atoms with Crippen molar-refractivity contribution in [2.24, 2.45) is 17.6 Å². The molecule has 3 aliphatic rings. The van der Waals surface area contributed by atoms with Crippen molar-refractivity contribution in [3.05, 3.63) is 80.8 Å². The number of rotatable bonds is 5. The number of aliphatic hydroxyl groups excluding tert-OH is 2. The number of allylic oxidation sites excluding steroid dienone is 2. The Labute approximate surface area is 224 Å². The minimum atomic E-state index is -2.58.